The first-order valence-corrected chi connectivity index (χ1v) is 7.95. The van der Waals surface area contributed by atoms with Gasteiger partial charge in [0, 0.05) is 43.9 Å². The summed E-state index contributed by atoms with van der Waals surface area (Å²) in [4.78, 5) is 16.9. The first kappa shape index (κ1) is 16.8. The molecule has 0 unspecified atom stereocenters. The monoisotopic (exact) mass is 306 g/mol. The lowest BCUT2D eigenvalue weighted by molar-refractivity contribution is 0.0643. The van der Waals surface area contributed by atoms with Crippen LogP contribution in [-0.4, -0.2) is 62.1 Å². The van der Waals surface area contributed by atoms with E-state index in [2.05, 4.69) is 11.8 Å². The fourth-order valence-corrected chi connectivity index (χ4v) is 2.69. The van der Waals surface area contributed by atoms with Crippen molar-refractivity contribution in [3.8, 4) is 5.75 Å². The molecule has 0 saturated carbocycles. The highest BCUT2D eigenvalue weighted by Crippen LogP contribution is 2.22. The Labute approximate surface area is 132 Å². The Morgan fingerprint density at radius 3 is 2.50 bits per heavy atom. The molecular formula is C17H26N2O3. The zero-order valence-electron chi connectivity index (χ0n) is 13.8. The zero-order valence-corrected chi connectivity index (χ0v) is 13.8. The number of methoxy groups -OCH3 is 1. The van der Waals surface area contributed by atoms with E-state index in [-0.39, 0.29) is 5.91 Å². The quantitative estimate of drug-likeness (QED) is 0.806. The second-order valence-corrected chi connectivity index (χ2v) is 5.39. The molecule has 5 heteroatoms. The number of rotatable bonds is 6. The van der Waals surface area contributed by atoms with Crippen LogP contribution in [0.1, 0.15) is 29.8 Å². The van der Waals surface area contributed by atoms with Crippen molar-refractivity contribution >= 4 is 5.91 Å². The topological polar surface area (TPSA) is 42.0 Å². The minimum Gasteiger partial charge on any atom is -0.496 e. The predicted molar refractivity (Wildman–Crippen MR) is 86.3 cm³/mol. The van der Waals surface area contributed by atoms with Gasteiger partial charge in [0.2, 0.25) is 0 Å². The van der Waals surface area contributed by atoms with Gasteiger partial charge in [-0.05, 0) is 31.7 Å². The molecule has 1 aliphatic rings. The van der Waals surface area contributed by atoms with E-state index in [1.54, 1.807) is 7.11 Å². The summed E-state index contributed by atoms with van der Waals surface area (Å²) in [7, 11) is 1.64. The molecule has 1 saturated heterocycles. The summed E-state index contributed by atoms with van der Waals surface area (Å²) in [5, 5.41) is 0. The van der Waals surface area contributed by atoms with Gasteiger partial charge in [-0.3, -0.25) is 4.79 Å². The van der Waals surface area contributed by atoms with Gasteiger partial charge >= 0.3 is 0 Å². The van der Waals surface area contributed by atoms with Crippen molar-refractivity contribution in [2.24, 2.45) is 0 Å². The normalized spacial score (nSPS) is 15.9. The smallest absolute Gasteiger partial charge is 0.253 e. The highest BCUT2D eigenvalue weighted by molar-refractivity contribution is 5.94. The van der Waals surface area contributed by atoms with E-state index in [0.29, 0.717) is 18.8 Å². The van der Waals surface area contributed by atoms with Crippen LogP contribution in [0, 0.1) is 0 Å². The van der Waals surface area contributed by atoms with Crippen molar-refractivity contribution in [2.45, 2.75) is 20.5 Å². The van der Waals surface area contributed by atoms with Gasteiger partial charge in [-0.25, -0.2) is 0 Å². The van der Waals surface area contributed by atoms with Crippen molar-refractivity contribution in [3.63, 3.8) is 0 Å². The van der Waals surface area contributed by atoms with E-state index >= 15 is 0 Å². The second kappa shape index (κ2) is 8.15. The number of amides is 1. The Bertz CT molecular complexity index is 497. The third-order valence-corrected chi connectivity index (χ3v) is 4.10. The van der Waals surface area contributed by atoms with E-state index < -0.39 is 0 Å². The van der Waals surface area contributed by atoms with Crippen LogP contribution >= 0.6 is 0 Å². The lowest BCUT2D eigenvalue weighted by Gasteiger charge is -2.34. The third-order valence-electron chi connectivity index (χ3n) is 4.10. The number of carbonyl (C=O) groups is 1. The van der Waals surface area contributed by atoms with Crippen LogP contribution in [0.15, 0.2) is 18.2 Å². The number of benzene rings is 1. The van der Waals surface area contributed by atoms with Crippen molar-refractivity contribution in [1.29, 1.82) is 0 Å². The van der Waals surface area contributed by atoms with Gasteiger partial charge in [-0.2, -0.15) is 0 Å². The maximum Gasteiger partial charge on any atom is 0.253 e. The number of hydrogen-bond acceptors (Lipinski definition) is 4. The van der Waals surface area contributed by atoms with Crippen molar-refractivity contribution < 1.29 is 14.3 Å². The summed E-state index contributed by atoms with van der Waals surface area (Å²) < 4.78 is 10.8. The Morgan fingerprint density at radius 1 is 1.18 bits per heavy atom. The molecular weight excluding hydrogens is 280 g/mol. The zero-order chi connectivity index (χ0) is 15.9. The average Bonchev–Trinajstić information content (AvgIpc) is 2.59. The molecule has 0 aromatic heterocycles. The van der Waals surface area contributed by atoms with Crippen LogP contribution in [-0.2, 0) is 11.3 Å². The van der Waals surface area contributed by atoms with E-state index in [9.17, 15) is 4.79 Å². The summed E-state index contributed by atoms with van der Waals surface area (Å²) in [6, 6.07) is 5.58. The Hall–Kier alpha value is -1.59. The lowest BCUT2D eigenvalue weighted by atomic mass is 10.1. The van der Waals surface area contributed by atoms with Crippen LogP contribution < -0.4 is 4.74 Å². The Kier molecular flexibility index (Phi) is 6.21. The molecule has 5 nitrogen and oxygen atoms in total. The molecule has 2 rings (SSSR count). The summed E-state index contributed by atoms with van der Waals surface area (Å²) >= 11 is 0. The second-order valence-electron chi connectivity index (χ2n) is 5.39. The average molecular weight is 306 g/mol. The Balaban J connectivity index is 2.09. The van der Waals surface area contributed by atoms with E-state index in [1.807, 2.05) is 30.0 Å². The lowest BCUT2D eigenvalue weighted by Crippen LogP contribution is -2.48. The maximum atomic E-state index is 12.6. The number of nitrogens with zero attached hydrogens (tertiary/aromatic N) is 2. The molecule has 0 bridgehead atoms. The predicted octanol–water partition coefficient (Wildman–Crippen LogP) is 2.01. The molecule has 0 aliphatic carbocycles. The number of carbonyl (C=O) groups excluding carboxylic acids is 1. The molecule has 22 heavy (non-hydrogen) atoms. The van der Waals surface area contributed by atoms with Gasteiger partial charge in [0.25, 0.3) is 5.91 Å². The van der Waals surface area contributed by atoms with Gasteiger partial charge < -0.3 is 19.3 Å². The standard InChI is InChI=1S/C17H26N2O3/c1-4-18-8-10-19(11-9-18)17(20)14-6-7-16(21-3)15(12-14)13-22-5-2/h6-7,12H,4-5,8-11,13H2,1-3H3. The molecule has 1 aromatic rings. The summed E-state index contributed by atoms with van der Waals surface area (Å²) in [5.74, 6) is 0.858. The molecule has 1 aromatic carbocycles. The number of ether oxygens (including phenoxy) is 2. The van der Waals surface area contributed by atoms with Gasteiger partial charge in [-0.1, -0.05) is 6.92 Å². The molecule has 1 fully saturated rings. The van der Waals surface area contributed by atoms with Crippen LogP contribution in [0.2, 0.25) is 0 Å². The number of likely N-dealkylation sites (N-methyl/N-ethyl adjacent to an activating group) is 1. The molecule has 122 valence electrons. The number of hydrogen-bond donors (Lipinski definition) is 0. The van der Waals surface area contributed by atoms with E-state index in [0.717, 1.165) is 44.0 Å². The SMILES string of the molecule is CCOCc1cc(C(=O)N2CCN(CC)CC2)ccc1OC. The van der Waals surface area contributed by atoms with E-state index in [4.69, 9.17) is 9.47 Å². The summed E-state index contributed by atoms with van der Waals surface area (Å²) in [6.45, 7) is 9.73. The van der Waals surface area contributed by atoms with Crippen LogP contribution in [0.5, 0.6) is 5.75 Å². The molecule has 0 radical (unpaired) electrons. The largest absolute Gasteiger partial charge is 0.496 e. The maximum absolute atomic E-state index is 12.6. The fourth-order valence-electron chi connectivity index (χ4n) is 2.69. The van der Waals surface area contributed by atoms with Gasteiger partial charge in [0.15, 0.2) is 0 Å². The minimum absolute atomic E-state index is 0.0937. The summed E-state index contributed by atoms with van der Waals surface area (Å²) in [6.07, 6.45) is 0. The molecule has 0 atom stereocenters. The summed E-state index contributed by atoms with van der Waals surface area (Å²) in [5.41, 5.74) is 1.63. The fraction of sp³-hybridized carbons (Fsp3) is 0.588. The third kappa shape index (κ3) is 3.99. The first-order chi connectivity index (χ1) is 10.7. The highest BCUT2D eigenvalue weighted by atomic mass is 16.5. The van der Waals surface area contributed by atoms with E-state index in [1.165, 1.54) is 0 Å². The molecule has 1 amide bonds. The van der Waals surface area contributed by atoms with Crippen molar-refractivity contribution in [3.05, 3.63) is 29.3 Å². The minimum atomic E-state index is 0.0937. The van der Waals surface area contributed by atoms with Gasteiger partial charge in [0.05, 0.1) is 13.7 Å². The Morgan fingerprint density at radius 2 is 1.91 bits per heavy atom. The van der Waals surface area contributed by atoms with Crippen LogP contribution in [0.3, 0.4) is 0 Å². The number of piperazine rings is 1. The van der Waals surface area contributed by atoms with Crippen molar-refractivity contribution in [2.75, 3.05) is 46.4 Å². The highest BCUT2D eigenvalue weighted by Gasteiger charge is 2.22. The van der Waals surface area contributed by atoms with Crippen molar-refractivity contribution in [1.82, 2.24) is 9.80 Å². The van der Waals surface area contributed by atoms with Crippen LogP contribution in [0.4, 0.5) is 0 Å². The van der Waals surface area contributed by atoms with Gasteiger partial charge in [-0.15, -0.1) is 0 Å². The first-order valence-electron chi connectivity index (χ1n) is 7.95. The molecule has 1 heterocycles. The molecule has 1 aliphatic heterocycles. The van der Waals surface area contributed by atoms with Crippen LogP contribution in [0.25, 0.3) is 0 Å². The molecule has 0 spiro atoms. The van der Waals surface area contributed by atoms with Gasteiger partial charge in [0.1, 0.15) is 5.75 Å². The molecule has 0 N–H and O–H groups in total.